The Labute approximate surface area is 70.8 Å². The van der Waals surface area contributed by atoms with Gasteiger partial charge in [0.05, 0.1) is 18.3 Å². The van der Waals surface area contributed by atoms with Crippen molar-refractivity contribution in [3.05, 3.63) is 18.0 Å². The Morgan fingerprint density at radius 2 is 2.45 bits per heavy atom. The van der Waals surface area contributed by atoms with E-state index in [1.54, 1.807) is 17.9 Å². The third-order valence-corrected chi connectivity index (χ3v) is 1.21. The predicted molar refractivity (Wildman–Crippen MR) is 43.8 cm³/mol. The van der Waals surface area contributed by atoms with Crippen molar-refractivity contribution in [2.45, 2.75) is 0 Å². The maximum Gasteiger partial charge on any atom is 0.179 e. The number of aryl methyl sites for hydroxylation is 1. The molecule has 1 rings (SSSR count). The minimum Gasteiger partial charge on any atom is -0.324 e. The number of hydrogen-bond acceptors (Lipinski definition) is 3. The van der Waals surface area contributed by atoms with Crippen LogP contribution in [0.2, 0.25) is 0 Å². The highest BCUT2D eigenvalue weighted by Gasteiger charge is 2.03. The van der Waals surface area contributed by atoms with Crippen LogP contribution in [0.4, 0.5) is 0 Å². The SMILES string of the molecule is Cl.Cn1cc(C(=O)CN)cn1. The average molecular weight is 176 g/mol. The van der Waals surface area contributed by atoms with Crippen LogP contribution in [-0.4, -0.2) is 22.1 Å². The molecule has 1 heterocycles. The van der Waals surface area contributed by atoms with Gasteiger partial charge in [0.25, 0.3) is 0 Å². The number of Topliss-reactive ketones (excluding diaryl/α,β-unsaturated/α-hetero) is 1. The Morgan fingerprint density at radius 1 is 1.82 bits per heavy atom. The molecule has 0 amide bonds. The fourth-order valence-electron chi connectivity index (χ4n) is 0.683. The van der Waals surface area contributed by atoms with E-state index < -0.39 is 0 Å². The van der Waals surface area contributed by atoms with E-state index >= 15 is 0 Å². The number of nitrogens with zero attached hydrogens (tertiary/aromatic N) is 2. The van der Waals surface area contributed by atoms with Crippen LogP contribution >= 0.6 is 12.4 Å². The summed E-state index contributed by atoms with van der Waals surface area (Å²) in [7, 11) is 1.76. The van der Waals surface area contributed by atoms with E-state index in [0.717, 1.165) is 0 Å². The zero-order valence-electron chi connectivity index (χ0n) is 6.15. The summed E-state index contributed by atoms with van der Waals surface area (Å²) in [6.45, 7) is 0.0473. The van der Waals surface area contributed by atoms with Gasteiger partial charge in [-0.05, 0) is 0 Å². The molecule has 0 radical (unpaired) electrons. The molecule has 1 aromatic heterocycles. The highest BCUT2D eigenvalue weighted by molar-refractivity contribution is 5.96. The quantitative estimate of drug-likeness (QED) is 0.643. The minimum absolute atomic E-state index is 0. The van der Waals surface area contributed by atoms with Gasteiger partial charge in [0.1, 0.15) is 0 Å². The maximum absolute atomic E-state index is 10.8. The van der Waals surface area contributed by atoms with Crippen LogP contribution in [0.5, 0.6) is 0 Å². The van der Waals surface area contributed by atoms with Gasteiger partial charge in [-0.3, -0.25) is 9.48 Å². The van der Waals surface area contributed by atoms with E-state index in [4.69, 9.17) is 5.73 Å². The van der Waals surface area contributed by atoms with E-state index in [-0.39, 0.29) is 24.7 Å². The van der Waals surface area contributed by atoms with Gasteiger partial charge in [-0.2, -0.15) is 5.10 Å². The Hall–Kier alpha value is -0.870. The number of nitrogens with two attached hydrogens (primary N) is 1. The van der Waals surface area contributed by atoms with Gasteiger partial charge in [-0.15, -0.1) is 12.4 Å². The zero-order valence-corrected chi connectivity index (χ0v) is 6.97. The van der Waals surface area contributed by atoms with Crippen LogP contribution in [0.1, 0.15) is 10.4 Å². The lowest BCUT2D eigenvalue weighted by atomic mass is 10.2. The third-order valence-electron chi connectivity index (χ3n) is 1.21. The highest BCUT2D eigenvalue weighted by atomic mass is 35.5. The maximum atomic E-state index is 10.8. The summed E-state index contributed by atoms with van der Waals surface area (Å²) in [6, 6.07) is 0. The van der Waals surface area contributed by atoms with Crippen molar-refractivity contribution in [1.82, 2.24) is 9.78 Å². The molecule has 0 saturated heterocycles. The fourth-order valence-corrected chi connectivity index (χ4v) is 0.683. The van der Waals surface area contributed by atoms with Crippen LogP contribution in [0.15, 0.2) is 12.4 Å². The van der Waals surface area contributed by atoms with E-state index in [2.05, 4.69) is 5.10 Å². The fraction of sp³-hybridized carbons (Fsp3) is 0.333. The van der Waals surface area contributed by atoms with Crippen LogP contribution in [0.25, 0.3) is 0 Å². The Balaban J connectivity index is 0.000001000. The van der Waals surface area contributed by atoms with Gasteiger partial charge in [-0.25, -0.2) is 0 Å². The van der Waals surface area contributed by atoms with E-state index in [1.165, 1.54) is 6.20 Å². The summed E-state index contributed by atoms with van der Waals surface area (Å²) in [5.74, 6) is -0.0758. The van der Waals surface area contributed by atoms with E-state index in [1.807, 2.05) is 0 Å². The smallest absolute Gasteiger partial charge is 0.179 e. The number of aromatic nitrogens is 2. The molecule has 11 heavy (non-hydrogen) atoms. The van der Waals surface area contributed by atoms with Gasteiger partial charge in [0.2, 0.25) is 0 Å². The van der Waals surface area contributed by atoms with Crippen LogP contribution in [0, 0.1) is 0 Å². The van der Waals surface area contributed by atoms with Crippen molar-refractivity contribution in [2.75, 3.05) is 6.54 Å². The molecule has 0 bridgehead atoms. The first kappa shape index (κ1) is 10.1. The first-order valence-electron chi connectivity index (χ1n) is 2.96. The largest absolute Gasteiger partial charge is 0.324 e. The molecule has 4 nitrogen and oxygen atoms in total. The van der Waals surface area contributed by atoms with Crippen molar-refractivity contribution < 1.29 is 4.79 Å². The van der Waals surface area contributed by atoms with Crippen LogP contribution < -0.4 is 5.73 Å². The minimum atomic E-state index is -0.0758. The molecular formula is C6H10ClN3O. The van der Waals surface area contributed by atoms with Crippen LogP contribution in [-0.2, 0) is 7.05 Å². The first-order valence-corrected chi connectivity index (χ1v) is 2.96. The number of carbonyl (C=O) groups is 1. The summed E-state index contributed by atoms with van der Waals surface area (Å²) in [5, 5.41) is 3.83. The number of halogens is 1. The molecule has 0 fully saturated rings. The molecule has 5 heteroatoms. The lowest BCUT2D eigenvalue weighted by Gasteiger charge is -1.87. The first-order chi connectivity index (χ1) is 4.74. The van der Waals surface area contributed by atoms with Gasteiger partial charge in [0, 0.05) is 13.2 Å². The highest BCUT2D eigenvalue weighted by Crippen LogP contribution is 1.95. The number of carbonyl (C=O) groups excluding carboxylic acids is 1. The van der Waals surface area contributed by atoms with Gasteiger partial charge in [0.15, 0.2) is 5.78 Å². The second kappa shape index (κ2) is 4.10. The Kier molecular flexibility index (Phi) is 3.78. The molecule has 0 unspecified atom stereocenters. The number of hydrogen-bond donors (Lipinski definition) is 1. The van der Waals surface area contributed by atoms with Crippen molar-refractivity contribution in [3.8, 4) is 0 Å². The molecule has 1 aromatic rings. The molecule has 62 valence electrons. The topological polar surface area (TPSA) is 60.9 Å². The lowest BCUT2D eigenvalue weighted by molar-refractivity contribution is 0.100. The third kappa shape index (κ3) is 2.32. The molecule has 0 aliphatic carbocycles. The van der Waals surface area contributed by atoms with Gasteiger partial charge < -0.3 is 5.73 Å². The Bertz CT molecular complexity index is 246. The van der Waals surface area contributed by atoms with Crippen molar-refractivity contribution in [3.63, 3.8) is 0 Å². The van der Waals surface area contributed by atoms with E-state index in [9.17, 15) is 4.79 Å². The summed E-state index contributed by atoms with van der Waals surface area (Å²) in [5.41, 5.74) is 5.70. The van der Waals surface area contributed by atoms with Gasteiger partial charge >= 0.3 is 0 Å². The average Bonchev–Trinajstić information content (AvgIpc) is 2.34. The number of rotatable bonds is 2. The van der Waals surface area contributed by atoms with Crippen molar-refractivity contribution >= 4 is 18.2 Å². The monoisotopic (exact) mass is 175 g/mol. The molecule has 0 atom stereocenters. The van der Waals surface area contributed by atoms with Crippen molar-refractivity contribution in [1.29, 1.82) is 0 Å². The second-order valence-corrected chi connectivity index (χ2v) is 2.03. The standard InChI is InChI=1S/C6H9N3O.ClH/c1-9-4-5(3-8-9)6(10)2-7;/h3-4H,2,7H2,1H3;1H. The number of ketones is 1. The van der Waals surface area contributed by atoms with Crippen molar-refractivity contribution in [2.24, 2.45) is 12.8 Å². The summed E-state index contributed by atoms with van der Waals surface area (Å²) in [6.07, 6.45) is 3.16. The summed E-state index contributed by atoms with van der Waals surface area (Å²) < 4.78 is 1.57. The van der Waals surface area contributed by atoms with Crippen LogP contribution in [0.3, 0.4) is 0 Å². The zero-order chi connectivity index (χ0) is 7.56. The molecule has 0 aromatic carbocycles. The predicted octanol–water partition coefficient (Wildman–Crippen LogP) is -0.0167. The normalized spacial score (nSPS) is 8.91. The molecule has 0 aliphatic rings. The Morgan fingerprint density at radius 3 is 2.82 bits per heavy atom. The molecule has 0 spiro atoms. The molecule has 0 aliphatic heterocycles. The molecule has 2 N–H and O–H groups in total. The lowest BCUT2D eigenvalue weighted by Crippen LogP contribution is -2.12. The second-order valence-electron chi connectivity index (χ2n) is 2.03. The molecular weight excluding hydrogens is 166 g/mol. The molecule has 0 saturated carbocycles. The van der Waals surface area contributed by atoms with Gasteiger partial charge in [-0.1, -0.05) is 0 Å². The van der Waals surface area contributed by atoms with E-state index in [0.29, 0.717) is 5.56 Å². The summed E-state index contributed by atoms with van der Waals surface area (Å²) in [4.78, 5) is 10.8. The summed E-state index contributed by atoms with van der Waals surface area (Å²) >= 11 is 0.